The molecule has 70 valence electrons. The zero-order valence-electron chi connectivity index (χ0n) is 6.80. The summed E-state index contributed by atoms with van der Waals surface area (Å²) in [6.07, 6.45) is 0. The monoisotopic (exact) mass is 307 g/mol. The van der Waals surface area contributed by atoms with E-state index < -0.39 is 5.91 Å². The van der Waals surface area contributed by atoms with E-state index in [4.69, 9.17) is 10.5 Å². The maximum atomic E-state index is 10.9. The fourth-order valence-corrected chi connectivity index (χ4v) is 2.37. The Bertz CT molecular complexity index is 352. The smallest absolute Gasteiger partial charge is 0.249 e. The van der Waals surface area contributed by atoms with E-state index in [0.29, 0.717) is 15.8 Å². The van der Waals surface area contributed by atoms with Gasteiger partial charge in [-0.1, -0.05) is 0 Å². The van der Waals surface area contributed by atoms with Crippen LogP contribution in [0.2, 0.25) is 0 Å². The molecule has 0 aliphatic carbocycles. The van der Waals surface area contributed by atoms with E-state index in [1.165, 1.54) is 7.11 Å². The molecule has 0 aliphatic rings. The van der Waals surface area contributed by atoms with Crippen LogP contribution in [0, 0.1) is 0 Å². The lowest BCUT2D eigenvalue weighted by molar-refractivity contribution is 0.0999. The SMILES string of the molecule is COc1c(Br)ccc(C(N)=O)c1Br. The molecule has 13 heavy (non-hydrogen) atoms. The molecule has 0 aliphatic heterocycles. The first-order valence-electron chi connectivity index (χ1n) is 3.39. The number of hydrogen-bond acceptors (Lipinski definition) is 2. The van der Waals surface area contributed by atoms with Gasteiger partial charge in [0, 0.05) is 0 Å². The van der Waals surface area contributed by atoms with Crippen LogP contribution >= 0.6 is 31.9 Å². The number of halogens is 2. The maximum absolute atomic E-state index is 10.9. The normalized spacial score (nSPS) is 9.77. The number of carbonyl (C=O) groups excluding carboxylic acids is 1. The van der Waals surface area contributed by atoms with Crippen molar-refractivity contribution in [1.82, 2.24) is 0 Å². The van der Waals surface area contributed by atoms with E-state index in [2.05, 4.69) is 31.9 Å². The minimum absolute atomic E-state index is 0.403. The first-order valence-corrected chi connectivity index (χ1v) is 4.98. The fourth-order valence-electron chi connectivity index (χ4n) is 0.910. The minimum Gasteiger partial charge on any atom is -0.494 e. The number of ether oxygens (including phenoxy) is 1. The van der Waals surface area contributed by atoms with E-state index in [-0.39, 0.29) is 0 Å². The Hall–Kier alpha value is -0.550. The van der Waals surface area contributed by atoms with Gasteiger partial charge >= 0.3 is 0 Å². The highest BCUT2D eigenvalue weighted by atomic mass is 79.9. The Labute approximate surface area is 92.5 Å². The summed E-state index contributed by atoms with van der Waals surface area (Å²) in [7, 11) is 1.52. The van der Waals surface area contributed by atoms with Gasteiger partial charge in [0.1, 0.15) is 5.75 Å². The Morgan fingerprint density at radius 3 is 2.54 bits per heavy atom. The Balaban J connectivity index is 3.35. The molecule has 1 rings (SSSR count). The van der Waals surface area contributed by atoms with E-state index in [0.717, 1.165) is 4.47 Å². The van der Waals surface area contributed by atoms with Crippen molar-refractivity contribution in [3.8, 4) is 5.75 Å². The van der Waals surface area contributed by atoms with Crippen LogP contribution in [0.5, 0.6) is 5.75 Å². The molecular weight excluding hydrogens is 302 g/mol. The lowest BCUT2D eigenvalue weighted by atomic mass is 10.2. The summed E-state index contributed by atoms with van der Waals surface area (Å²) >= 11 is 6.52. The second-order valence-electron chi connectivity index (χ2n) is 2.31. The van der Waals surface area contributed by atoms with Crippen molar-refractivity contribution in [2.45, 2.75) is 0 Å². The van der Waals surface area contributed by atoms with Crippen molar-refractivity contribution in [3.05, 3.63) is 26.6 Å². The molecule has 1 aromatic carbocycles. The number of nitrogens with two attached hydrogens (primary N) is 1. The third-order valence-electron chi connectivity index (χ3n) is 1.52. The van der Waals surface area contributed by atoms with Gasteiger partial charge in [-0.3, -0.25) is 4.79 Å². The number of amides is 1. The summed E-state index contributed by atoms with van der Waals surface area (Å²) in [6, 6.07) is 3.34. The second kappa shape index (κ2) is 4.11. The van der Waals surface area contributed by atoms with Crippen molar-refractivity contribution in [1.29, 1.82) is 0 Å². The van der Waals surface area contributed by atoms with Crippen molar-refractivity contribution in [2.75, 3.05) is 7.11 Å². The van der Waals surface area contributed by atoms with E-state index in [1.54, 1.807) is 12.1 Å². The summed E-state index contributed by atoms with van der Waals surface area (Å²) in [5, 5.41) is 0. The number of benzene rings is 1. The number of carbonyl (C=O) groups is 1. The predicted molar refractivity (Wildman–Crippen MR) is 56.9 cm³/mol. The minimum atomic E-state index is -0.488. The van der Waals surface area contributed by atoms with Crippen molar-refractivity contribution in [2.24, 2.45) is 5.73 Å². The molecule has 1 amide bonds. The van der Waals surface area contributed by atoms with Gasteiger partial charge in [-0.2, -0.15) is 0 Å². The van der Waals surface area contributed by atoms with Crippen LogP contribution in [-0.2, 0) is 0 Å². The molecule has 0 radical (unpaired) electrons. The quantitative estimate of drug-likeness (QED) is 0.911. The van der Waals surface area contributed by atoms with Crippen LogP contribution in [0.4, 0.5) is 0 Å². The summed E-state index contributed by atoms with van der Waals surface area (Å²) in [6.45, 7) is 0. The molecule has 0 saturated heterocycles. The lowest BCUT2D eigenvalue weighted by Gasteiger charge is -2.08. The molecule has 5 heteroatoms. The molecule has 1 aromatic rings. The van der Waals surface area contributed by atoms with Crippen molar-refractivity contribution < 1.29 is 9.53 Å². The number of primary amides is 1. The van der Waals surface area contributed by atoms with Crippen LogP contribution in [-0.4, -0.2) is 13.0 Å². The van der Waals surface area contributed by atoms with E-state index in [1.807, 2.05) is 0 Å². The molecule has 3 nitrogen and oxygen atoms in total. The molecule has 2 N–H and O–H groups in total. The molecule has 0 spiro atoms. The van der Waals surface area contributed by atoms with Gasteiger partial charge in [0.25, 0.3) is 0 Å². The Morgan fingerprint density at radius 1 is 1.46 bits per heavy atom. The molecule has 0 unspecified atom stereocenters. The third-order valence-corrected chi connectivity index (χ3v) is 2.93. The summed E-state index contributed by atoms with van der Waals surface area (Å²) in [5.41, 5.74) is 5.55. The zero-order chi connectivity index (χ0) is 10.0. The molecular formula is C8H7Br2NO2. The molecule has 0 atom stereocenters. The van der Waals surface area contributed by atoms with Crippen LogP contribution < -0.4 is 10.5 Å². The fraction of sp³-hybridized carbons (Fsp3) is 0.125. The highest BCUT2D eigenvalue weighted by Gasteiger charge is 2.13. The average Bonchev–Trinajstić information content (AvgIpc) is 2.04. The van der Waals surface area contributed by atoms with Gasteiger partial charge in [0.2, 0.25) is 5.91 Å². The van der Waals surface area contributed by atoms with Gasteiger partial charge in [-0.05, 0) is 44.0 Å². The van der Waals surface area contributed by atoms with Crippen molar-refractivity contribution >= 4 is 37.8 Å². The first-order chi connectivity index (χ1) is 6.07. The van der Waals surface area contributed by atoms with Crippen molar-refractivity contribution in [3.63, 3.8) is 0 Å². The van der Waals surface area contributed by atoms with Crippen LogP contribution in [0.25, 0.3) is 0 Å². The summed E-state index contributed by atoms with van der Waals surface area (Å²) in [5.74, 6) is 0.0778. The molecule has 0 saturated carbocycles. The van der Waals surface area contributed by atoms with Gasteiger partial charge in [0.05, 0.1) is 21.6 Å². The highest BCUT2D eigenvalue weighted by molar-refractivity contribution is 9.11. The largest absolute Gasteiger partial charge is 0.494 e. The average molecular weight is 309 g/mol. The third kappa shape index (κ3) is 2.03. The predicted octanol–water partition coefficient (Wildman–Crippen LogP) is 2.32. The molecule has 0 heterocycles. The Morgan fingerprint density at radius 2 is 2.08 bits per heavy atom. The van der Waals surface area contributed by atoms with Gasteiger partial charge in [-0.15, -0.1) is 0 Å². The zero-order valence-corrected chi connectivity index (χ0v) is 9.98. The van der Waals surface area contributed by atoms with Gasteiger partial charge in [0.15, 0.2) is 0 Å². The molecule has 0 fully saturated rings. The standard InChI is InChI=1S/C8H7Br2NO2/c1-13-7-5(9)3-2-4(6(7)10)8(11)12/h2-3H,1H3,(H2,11,12). The molecule has 0 bridgehead atoms. The van der Waals surface area contributed by atoms with Gasteiger partial charge < -0.3 is 10.5 Å². The van der Waals surface area contributed by atoms with E-state index >= 15 is 0 Å². The first kappa shape index (κ1) is 10.5. The van der Waals surface area contributed by atoms with Crippen LogP contribution in [0.15, 0.2) is 21.1 Å². The topological polar surface area (TPSA) is 52.3 Å². The highest BCUT2D eigenvalue weighted by Crippen LogP contribution is 2.35. The Kier molecular flexibility index (Phi) is 3.33. The lowest BCUT2D eigenvalue weighted by Crippen LogP contribution is -2.12. The van der Waals surface area contributed by atoms with Gasteiger partial charge in [-0.25, -0.2) is 0 Å². The second-order valence-corrected chi connectivity index (χ2v) is 3.95. The van der Waals surface area contributed by atoms with Crippen LogP contribution in [0.3, 0.4) is 0 Å². The summed E-state index contributed by atoms with van der Waals surface area (Å²) < 4.78 is 6.40. The number of rotatable bonds is 2. The number of methoxy groups -OCH3 is 1. The molecule has 0 aromatic heterocycles. The van der Waals surface area contributed by atoms with Crippen LogP contribution in [0.1, 0.15) is 10.4 Å². The maximum Gasteiger partial charge on any atom is 0.249 e. The number of hydrogen-bond donors (Lipinski definition) is 1. The summed E-state index contributed by atoms with van der Waals surface area (Å²) in [4.78, 5) is 10.9. The van der Waals surface area contributed by atoms with E-state index in [9.17, 15) is 4.79 Å².